The first-order valence-electron chi connectivity index (χ1n) is 7.46. The number of ether oxygens (including phenoxy) is 1. The van der Waals surface area contributed by atoms with Crippen LogP contribution in [0.2, 0.25) is 0 Å². The Morgan fingerprint density at radius 3 is 2.43 bits per heavy atom. The molecule has 2 rings (SSSR count). The topological polar surface area (TPSA) is 98.7 Å². The summed E-state index contributed by atoms with van der Waals surface area (Å²) in [6, 6.07) is 0. The van der Waals surface area contributed by atoms with Gasteiger partial charge in [0.25, 0.3) is 10.1 Å². The molecule has 0 saturated carbocycles. The van der Waals surface area contributed by atoms with Crippen molar-refractivity contribution in [3.05, 3.63) is 18.0 Å². The van der Waals surface area contributed by atoms with Gasteiger partial charge in [-0.05, 0) is 19.8 Å². The summed E-state index contributed by atoms with van der Waals surface area (Å²) < 4.78 is 31.6. The van der Waals surface area contributed by atoms with Gasteiger partial charge in [0.2, 0.25) is 5.95 Å². The third kappa shape index (κ3) is 5.43. The molecule has 0 aliphatic carbocycles. The van der Waals surface area contributed by atoms with Gasteiger partial charge in [0, 0.05) is 31.0 Å². The number of rotatable bonds is 6. The highest BCUT2D eigenvalue weighted by Crippen LogP contribution is 2.21. The summed E-state index contributed by atoms with van der Waals surface area (Å²) in [4.78, 5) is 22.2. The third-order valence-corrected chi connectivity index (χ3v) is 4.08. The molecule has 1 aromatic heterocycles. The fourth-order valence-corrected chi connectivity index (χ4v) is 2.69. The number of piperidine rings is 1. The molecule has 1 saturated heterocycles. The van der Waals surface area contributed by atoms with Crippen LogP contribution in [0.5, 0.6) is 0 Å². The van der Waals surface area contributed by atoms with Gasteiger partial charge < -0.3 is 9.64 Å². The molecule has 9 heteroatoms. The monoisotopic (exact) mass is 343 g/mol. The van der Waals surface area contributed by atoms with E-state index in [0.29, 0.717) is 44.0 Å². The predicted octanol–water partition coefficient (Wildman–Crippen LogP) is 0.732. The Morgan fingerprint density at radius 2 is 1.91 bits per heavy atom. The van der Waals surface area contributed by atoms with E-state index in [1.54, 1.807) is 19.3 Å². The lowest BCUT2D eigenvalue weighted by Gasteiger charge is -2.30. The van der Waals surface area contributed by atoms with Gasteiger partial charge in [-0.1, -0.05) is 0 Å². The molecule has 1 aliphatic heterocycles. The van der Waals surface area contributed by atoms with Crippen LogP contribution >= 0.6 is 0 Å². The van der Waals surface area contributed by atoms with Gasteiger partial charge in [0.05, 0.1) is 25.4 Å². The van der Waals surface area contributed by atoms with Gasteiger partial charge in [-0.2, -0.15) is 8.42 Å². The number of carbonyl (C=O) groups is 1. The molecule has 0 aromatic carbocycles. The molecule has 23 heavy (non-hydrogen) atoms. The van der Waals surface area contributed by atoms with E-state index in [2.05, 4.69) is 9.97 Å². The van der Waals surface area contributed by atoms with Crippen molar-refractivity contribution in [2.75, 3.05) is 30.9 Å². The quantitative estimate of drug-likeness (QED) is 0.551. The molecule has 0 N–H and O–H groups in total. The summed E-state index contributed by atoms with van der Waals surface area (Å²) in [6.45, 7) is 3.49. The van der Waals surface area contributed by atoms with Crippen molar-refractivity contribution < 1.29 is 22.1 Å². The number of aromatic nitrogens is 2. The molecule has 0 bridgehead atoms. The van der Waals surface area contributed by atoms with E-state index in [-0.39, 0.29) is 18.5 Å². The molecule has 0 radical (unpaired) electrons. The van der Waals surface area contributed by atoms with Crippen LogP contribution in [0.3, 0.4) is 0 Å². The van der Waals surface area contributed by atoms with E-state index in [1.165, 1.54) is 0 Å². The summed E-state index contributed by atoms with van der Waals surface area (Å²) >= 11 is 0. The van der Waals surface area contributed by atoms with Crippen molar-refractivity contribution in [1.82, 2.24) is 9.97 Å². The van der Waals surface area contributed by atoms with Crippen LogP contribution in [0.25, 0.3) is 0 Å². The van der Waals surface area contributed by atoms with Crippen LogP contribution in [-0.4, -0.2) is 50.3 Å². The lowest BCUT2D eigenvalue weighted by Crippen LogP contribution is -2.37. The lowest BCUT2D eigenvalue weighted by molar-refractivity contribution is -0.148. The second-order valence-corrected chi connectivity index (χ2v) is 7.01. The summed E-state index contributed by atoms with van der Waals surface area (Å²) in [5, 5.41) is 0. The Bertz CT molecular complexity index is 624. The van der Waals surface area contributed by atoms with E-state index in [4.69, 9.17) is 8.92 Å². The molecule has 1 aliphatic rings. The molecule has 0 spiro atoms. The normalized spacial score (nSPS) is 16.3. The van der Waals surface area contributed by atoms with Gasteiger partial charge in [-0.15, -0.1) is 0 Å². The summed E-state index contributed by atoms with van der Waals surface area (Å²) in [5.74, 6) is 0.366. The Balaban J connectivity index is 1.88. The lowest BCUT2D eigenvalue weighted by atomic mass is 9.97. The minimum atomic E-state index is -3.48. The van der Waals surface area contributed by atoms with Crippen molar-refractivity contribution in [3.63, 3.8) is 0 Å². The SMILES string of the molecule is CCOC(=O)C1CCN(c2ncc(COS(C)(=O)=O)cn2)CC1. The van der Waals surface area contributed by atoms with E-state index in [0.717, 1.165) is 6.26 Å². The average molecular weight is 343 g/mol. The maximum atomic E-state index is 11.7. The molecular weight excluding hydrogens is 322 g/mol. The van der Waals surface area contributed by atoms with Gasteiger partial charge in [0.1, 0.15) is 0 Å². The van der Waals surface area contributed by atoms with Crippen molar-refractivity contribution >= 4 is 22.0 Å². The molecule has 0 atom stereocenters. The standard InChI is InChI=1S/C14H21N3O5S/c1-3-21-13(18)12-4-6-17(7-5-12)14-15-8-11(9-16-14)10-22-23(2,19)20/h8-9,12H,3-7,10H2,1-2H3. The van der Waals surface area contributed by atoms with Gasteiger partial charge in [-0.25, -0.2) is 9.97 Å². The van der Waals surface area contributed by atoms with Gasteiger partial charge in [0.15, 0.2) is 0 Å². The Hall–Kier alpha value is -1.74. The number of carbonyl (C=O) groups excluding carboxylic acids is 1. The molecular formula is C14H21N3O5S. The van der Waals surface area contributed by atoms with E-state index in [1.807, 2.05) is 4.90 Å². The molecule has 0 unspecified atom stereocenters. The molecule has 2 heterocycles. The summed E-state index contributed by atoms with van der Waals surface area (Å²) in [7, 11) is -3.48. The first-order valence-corrected chi connectivity index (χ1v) is 9.27. The number of esters is 1. The van der Waals surface area contributed by atoms with Crippen LogP contribution in [0.1, 0.15) is 25.3 Å². The average Bonchev–Trinajstić information content (AvgIpc) is 2.53. The van der Waals surface area contributed by atoms with Crippen LogP contribution in [0.15, 0.2) is 12.4 Å². The van der Waals surface area contributed by atoms with E-state index >= 15 is 0 Å². The molecule has 128 valence electrons. The minimum absolute atomic E-state index is 0.0614. The largest absolute Gasteiger partial charge is 0.466 e. The van der Waals surface area contributed by atoms with E-state index in [9.17, 15) is 13.2 Å². The zero-order chi connectivity index (χ0) is 16.9. The maximum Gasteiger partial charge on any atom is 0.309 e. The second kappa shape index (κ2) is 7.69. The Kier molecular flexibility index (Phi) is 5.89. The molecule has 8 nitrogen and oxygen atoms in total. The van der Waals surface area contributed by atoms with Crippen LogP contribution in [-0.2, 0) is 30.4 Å². The first-order chi connectivity index (χ1) is 10.9. The van der Waals surface area contributed by atoms with Crippen molar-refractivity contribution in [2.24, 2.45) is 5.92 Å². The second-order valence-electron chi connectivity index (χ2n) is 5.37. The van der Waals surface area contributed by atoms with Gasteiger partial charge in [-0.3, -0.25) is 8.98 Å². The number of hydrogen-bond acceptors (Lipinski definition) is 8. The smallest absolute Gasteiger partial charge is 0.309 e. The highest BCUT2D eigenvalue weighted by atomic mass is 32.2. The highest BCUT2D eigenvalue weighted by Gasteiger charge is 2.26. The minimum Gasteiger partial charge on any atom is -0.466 e. The number of anilines is 1. The fraction of sp³-hybridized carbons (Fsp3) is 0.643. The fourth-order valence-electron chi connectivity index (χ4n) is 2.34. The Morgan fingerprint density at radius 1 is 1.30 bits per heavy atom. The number of nitrogens with zero attached hydrogens (tertiary/aromatic N) is 3. The first kappa shape index (κ1) is 17.6. The number of hydrogen-bond donors (Lipinski definition) is 0. The van der Waals surface area contributed by atoms with Crippen molar-refractivity contribution in [1.29, 1.82) is 0 Å². The van der Waals surface area contributed by atoms with Crippen LogP contribution < -0.4 is 4.90 Å². The van der Waals surface area contributed by atoms with Crippen molar-refractivity contribution in [2.45, 2.75) is 26.4 Å². The zero-order valence-electron chi connectivity index (χ0n) is 13.3. The van der Waals surface area contributed by atoms with Gasteiger partial charge >= 0.3 is 5.97 Å². The van der Waals surface area contributed by atoms with E-state index < -0.39 is 10.1 Å². The maximum absolute atomic E-state index is 11.7. The van der Waals surface area contributed by atoms with Crippen LogP contribution in [0, 0.1) is 5.92 Å². The van der Waals surface area contributed by atoms with Crippen molar-refractivity contribution in [3.8, 4) is 0 Å². The summed E-state index contributed by atoms with van der Waals surface area (Å²) in [5.41, 5.74) is 0.584. The summed E-state index contributed by atoms with van der Waals surface area (Å²) in [6.07, 6.45) is 5.51. The molecule has 0 amide bonds. The molecule has 1 aromatic rings. The van der Waals surface area contributed by atoms with Crippen LogP contribution in [0.4, 0.5) is 5.95 Å². The zero-order valence-corrected chi connectivity index (χ0v) is 14.1. The Labute approximate surface area is 135 Å². The highest BCUT2D eigenvalue weighted by molar-refractivity contribution is 7.85. The molecule has 1 fully saturated rings. The third-order valence-electron chi connectivity index (χ3n) is 3.53. The predicted molar refractivity (Wildman–Crippen MR) is 83.2 cm³/mol.